The van der Waals surface area contributed by atoms with E-state index >= 15 is 0 Å². The smallest absolute Gasteiger partial charge is 0.315 e. The summed E-state index contributed by atoms with van der Waals surface area (Å²) in [6.07, 6.45) is 3.54. The molecule has 2 unspecified atom stereocenters. The zero-order valence-electron chi connectivity index (χ0n) is 15.7. The maximum atomic E-state index is 12.7. The monoisotopic (exact) mass is 453 g/mol. The number of rotatable bonds is 5. The van der Waals surface area contributed by atoms with Gasteiger partial charge in [0.05, 0.1) is 21.7 Å². The van der Waals surface area contributed by atoms with Crippen LogP contribution in [0.2, 0.25) is 15.1 Å². The second-order valence-electron chi connectivity index (χ2n) is 7.03. The number of urea groups is 1. The molecule has 1 aliphatic rings. The topological polar surface area (TPSA) is 70.2 Å². The highest BCUT2D eigenvalue weighted by Crippen LogP contribution is 2.26. The number of nitrogens with one attached hydrogen (secondary N) is 3. The largest absolute Gasteiger partial charge is 0.347 e. The van der Waals surface area contributed by atoms with Crippen LogP contribution in [0.3, 0.4) is 0 Å². The molecule has 8 heteroatoms. The summed E-state index contributed by atoms with van der Waals surface area (Å²) in [6.45, 7) is 0.369. The van der Waals surface area contributed by atoms with Gasteiger partial charge in [-0.1, -0.05) is 65.8 Å². The van der Waals surface area contributed by atoms with Gasteiger partial charge in [0.25, 0.3) is 5.91 Å². The highest BCUT2D eigenvalue weighted by atomic mass is 35.5. The van der Waals surface area contributed by atoms with E-state index in [2.05, 4.69) is 16.0 Å². The maximum absolute atomic E-state index is 12.7. The van der Waals surface area contributed by atoms with Crippen LogP contribution in [0, 0.1) is 0 Å². The van der Waals surface area contributed by atoms with Crippen LogP contribution in [0.1, 0.15) is 41.6 Å². The molecular weight excluding hydrogens is 433 g/mol. The van der Waals surface area contributed by atoms with Gasteiger partial charge in [-0.2, -0.15) is 0 Å². The van der Waals surface area contributed by atoms with Crippen molar-refractivity contribution in [2.24, 2.45) is 0 Å². The van der Waals surface area contributed by atoms with Crippen molar-refractivity contribution in [3.63, 3.8) is 0 Å². The highest BCUT2D eigenvalue weighted by Gasteiger charge is 2.28. The van der Waals surface area contributed by atoms with Crippen molar-refractivity contribution < 1.29 is 9.59 Å². The first-order valence-electron chi connectivity index (χ1n) is 9.47. The summed E-state index contributed by atoms with van der Waals surface area (Å²) < 4.78 is 0. The predicted molar refractivity (Wildman–Crippen MR) is 117 cm³/mol. The van der Waals surface area contributed by atoms with Crippen molar-refractivity contribution in [1.82, 2.24) is 16.0 Å². The van der Waals surface area contributed by atoms with Crippen molar-refractivity contribution in [2.45, 2.75) is 44.3 Å². The van der Waals surface area contributed by atoms with Crippen molar-refractivity contribution in [2.75, 3.05) is 0 Å². The lowest BCUT2D eigenvalue weighted by atomic mass is 9.90. The molecule has 2 aromatic carbocycles. The molecule has 0 heterocycles. The Morgan fingerprint density at radius 3 is 2.34 bits per heavy atom. The van der Waals surface area contributed by atoms with Crippen LogP contribution in [0.4, 0.5) is 4.79 Å². The van der Waals surface area contributed by atoms with Gasteiger partial charge in [0.1, 0.15) is 0 Å². The molecule has 5 nitrogen and oxygen atoms in total. The second-order valence-corrected chi connectivity index (χ2v) is 8.25. The van der Waals surface area contributed by atoms with Gasteiger partial charge in [0.15, 0.2) is 0 Å². The van der Waals surface area contributed by atoms with Crippen LogP contribution in [0.5, 0.6) is 0 Å². The van der Waals surface area contributed by atoms with Gasteiger partial charge in [-0.25, -0.2) is 4.79 Å². The average molecular weight is 455 g/mol. The minimum atomic E-state index is -0.296. The van der Waals surface area contributed by atoms with Crippen LogP contribution in [0.15, 0.2) is 42.5 Å². The van der Waals surface area contributed by atoms with E-state index in [1.54, 1.807) is 30.3 Å². The fourth-order valence-electron chi connectivity index (χ4n) is 3.45. The Hall–Kier alpha value is -1.95. The number of amides is 3. The van der Waals surface area contributed by atoms with Crippen molar-refractivity contribution in [3.05, 3.63) is 68.7 Å². The summed E-state index contributed by atoms with van der Waals surface area (Å²) in [5.74, 6) is -0.296. The van der Waals surface area contributed by atoms with E-state index < -0.39 is 0 Å². The standard InChI is InChI=1S/C21H22Cl3N3O2/c22-14-6-3-5-13(11-14)12-25-21(29)27-18-10-2-1-9-17(18)26-20(28)15-7-4-8-16(23)19(15)24/h3-8,11,17-18H,1-2,9-10,12H2,(H,26,28)(H2,25,27,29). The molecule has 2 atom stereocenters. The molecule has 29 heavy (non-hydrogen) atoms. The number of hydrogen-bond donors (Lipinski definition) is 3. The van der Waals surface area contributed by atoms with Gasteiger partial charge < -0.3 is 16.0 Å². The SMILES string of the molecule is O=C(NCc1cccc(Cl)c1)NC1CCCCC1NC(=O)c1cccc(Cl)c1Cl. The maximum Gasteiger partial charge on any atom is 0.315 e. The Morgan fingerprint density at radius 2 is 1.62 bits per heavy atom. The molecule has 0 aliphatic heterocycles. The van der Waals surface area contributed by atoms with Crippen LogP contribution < -0.4 is 16.0 Å². The number of hydrogen-bond acceptors (Lipinski definition) is 2. The van der Waals surface area contributed by atoms with E-state index in [0.29, 0.717) is 22.2 Å². The predicted octanol–water partition coefficient (Wildman–Crippen LogP) is 5.19. The van der Waals surface area contributed by atoms with Gasteiger partial charge in [0.2, 0.25) is 0 Å². The lowest BCUT2D eigenvalue weighted by Gasteiger charge is -2.33. The average Bonchev–Trinajstić information content (AvgIpc) is 2.70. The normalized spacial score (nSPS) is 18.7. The van der Waals surface area contributed by atoms with E-state index in [1.165, 1.54) is 0 Å². The first kappa shape index (κ1) is 21.8. The van der Waals surface area contributed by atoms with Crippen molar-refractivity contribution in [3.8, 4) is 0 Å². The molecule has 2 aromatic rings. The Bertz CT molecular complexity index is 891. The quantitative estimate of drug-likeness (QED) is 0.582. The lowest BCUT2D eigenvalue weighted by molar-refractivity contribution is 0.0916. The molecule has 0 aromatic heterocycles. The number of carbonyl (C=O) groups is 2. The number of halogens is 3. The van der Waals surface area contributed by atoms with Crippen LogP contribution in [-0.4, -0.2) is 24.0 Å². The second kappa shape index (κ2) is 10.2. The third-order valence-electron chi connectivity index (χ3n) is 4.94. The first-order valence-corrected chi connectivity index (χ1v) is 10.6. The van der Waals surface area contributed by atoms with Gasteiger partial charge >= 0.3 is 6.03 Å². The number of carbonyl (C=O) groups excluding carboxylic acids is 2. The summed E-state index contributed by atoms with van der Waals surface area (Å²) >= 11 is 18.1. The van der Waals surface area contributed by atoms with Crippen LogP contribution >= 0.6 is 34.8 Å². The molecule has 3 rings (SSSR count). The molecule has 0 saturated heterocycles. The van der Waals surface area contributed by atoms with Gasteiger partial charge in [-0.05, 0) is 42.7 Å². The van der Waals surface area contributed by atoms with E-state index in [4.69, 9.17) is 34.8 Å². The van der Waals surface area contributed by atoms with Crippen molar-refractivity contribution in [1.29, 1.82) is 0 Å². The van der Waals surface area contributed by atoms with Gasteiger partial charge in [-0.15, -0.1) is 0 Å². The molecule has 0 radical (unpaired) electrons. The molecule has 1 fully saturated rings. The van der Waals surface area contributed by atoms with E-state index in [1.807, 2.05) is 12.1 Å². The Balaban J connectivity index is 1.58. The zero-order valence-corrected chi connectivity index (χ0v) is 17.9. The van der Waals surface area contributed by atoms with Crippen LogP contribution in [-0.2, 0) is 6.54 Å². The summed E-state index contributed by atoms with van der Waals surface area (Å²) in [7, 11) is 0. The Kier molecular flexibility index (Phi) is 7.64. The first-order chi connectivity index (χ1) is 13.9. The van der Waals surface area contributed by atoms with Gasteiger partial charge in [0, 0.05) is 17.6 Å². The third kappa shape index (κ3) is 6.01. The lowest BCUT2D eigenvalue weighted by Crippen LogP contribution is -2.55. The summed E-state index contributed by atoms with van der Waals surface area (Å²) in [4.78, 5) is 25.0. The minimum absolute atomic E-state index is 0.162. The molecule has 1 aliphatic carbocycles. The van der Waals surface area contributed by atoms with E-state index in [-0.39, 0.29) is 29.0 Å². The Labute approximate surface area is 185 Å². The molecule has 3 amide bonds. The molecule has 3 N–H and O–H groups in total. The molecular formula is C21H22Cl3N3O2. The fourth-order valence-corrected chi connectivity index (χ4v) is 4.05. The number of benzene rings is 2. The fraction of sp³-hybridized carbons (Fsp3) is 0.333. The molecule has 154 valence electrons. The van der Waals surface area contributed by atoms with Crippen LogP contribution in [0.25, 0.3) is 0 Å². The Morgan fingerprint density at radius 1 is 0.931 bits per heavy atom. The van der Waals surface area contributed by atoms with Crippen molar-refractivity contribution >= 4 is 46.7 Å². The summed E-state index contributed by atoms with van der Waals surface area (Å²) in [5.41, 5.74) is 1.24. The highest BCUT2D eigenvalue weighted by molar-refractivity contribution is 6.43. The summed E-state index contributed by atoms with van der Waals surface area (Å²) in [6, 6.07) is 11.7. The minimum Gasteiger partial charge on any atom is -0.347 e. The van der Waals surface area contributed by atoms with E-state index in [0.717, 1.165) is 31.2 Å². The van der Waals surface area contributed by atoms with E-state index in [9.17, 15) is 9.59 Å². The molecule has 1 saturated carbocycles. The third-order valence-corrected chi connectivity index (χ3v) is 5.99. The summed E-state index contributed by atoms with van der Waals surface area (Å²) in [5, 5.41) is 10.00. The molecule has 0 spiro atoms. The van der Waals surface area contributed by atoms with Gasteiger partial charge in [-0.3, -0.25) is 4.79 Å². The molecule has 0 bridgehead atoms. The zero-order chi connectivity index (χ0) is 20.8.